The second-order valence-electron chi connectivity index (χ2n) is 5.77. The van der Waals surface area contributed by atoms with E-state index in [9.17, 15) is 0 Å². The highest BCUT2D eigenvalue weighted by Crippen LogP contribution is 2.28. The lowest BCUT2D eigenvalue weighted by Crippen LogP contribution is -2.27. The first-order valence-electron chi connectivity index (χ1n) is 7.42. The van der Waals surface area contributed by atoms with Crippen LogP contribution in [-0.4, -0.2) is 38.3 Å². The summed E-state index contributed by atoms with van der Waals surface area (Å²) in [4.78, 5) is 2.30. The van der Waals surface area contributed by atoms with Crippen LogP contribution in [-0.2, 0) is 4.74 Å². The van der Waals surface area contributed by atoms with Gasteiger partial charge < -0.3 is 15.4 Å². The Balaban J connectivity index is 1.60. The van der Waals surface area contributed by atoms with Crippen molar-refractivity contribution in [1.29, 1.82) is 0 Å². The largest absolute Gasteiger partial charge is 0.380 e. The fourth-order valence-corrected chi connectivity index (χ4v) is 2.55. The molecule has 1 aromatic rings. The molecule has 1 unspecified atom stereocenters. The summed E-state index contributed by atoms with van der Waals surface area (Å²) in [5.74, 6) is 0.852. The third kappa shape index (κ3) is 5.92. The minimum atomic E-state index is 0.0994. The number of rotatable bonds is 9. The molecule has 0 aromatic heterocycles. The Labute approximate surface area is 130 Å². The molecule has 0 saturated heterocycles. The Morgan fingerprint density at radius 2 is 2.20 bits per heavy atom. The van der Waals surface area contributed by atoms with Gasteiger partial charge >= 0.3 is 0 Å². The molecule has 2 N–H and O–H groups in total. The molecule has 20 heavy (non-hydrogen) atoms. The molecule has 1 fully saturated rings. The molecule has 1 aliphatic carbocycles. The first-order chi connectivity index (χ1) is 9.65. The molecule has 1 atom stereocenters. The Morgan fingerprint density at radius 1 is 1.40 bits per heavy atom. The van der Waals surface area contributed by atoms with Crippen molar-refractivity contribution in [1.82, 2.24) is 4.90 Å². The van der Waals surface area contributed by atoms with Gasteiger partial charge in [-0.05, 0) is 56.5 Å². The summed E-state index contributed by atoms with van der Waals surface area (Å²) in [6, 6.07) is 8.36. The van der Waals surface area contributed by atoms with Crippen molar-refractivity contribution in [2.75, 3.05) is 33.4 Å². The van der Waals surface area contributed by atoms with E-state index in [0.29, 0.717) is 0 Å². The van der Waals surface area contributed by atoms with Crippen LogP contribution in [0.5, 0.6) is 0 Å². The van der Waals surface area contributed by atoms with Crippen molar-refractivity contribution in [3.05, 3.63) is 34.3 Å². The standard InChI is InChI=1S/C16H25BrN2O/c1-19(9-10-20-12-13-5-6-13)8-7-16(18)14-3-2-4-15(17)11-14/h2-4,11,13,16H,5-10,12,18H2,1H3. The zero-order valence-corrected chi connectivity index (χ0v) is 13.8. The predicted molar refractivity (Wildman–Crippen MR) is 86.7 cm³/mol. The zero-order valence-electron chi connectivity index (χ0n) is 12.2. The number of hydrogen-bond donors (Lipinski definition) is 1. The fourth-order valence-electron chi connectivity index (χ4n) is 2.13. The first-order valence-corrected chi connectivity index (χ1v) is 8.22. The lowest BCUT2D eigenvalue weighted by atomic mass is 10.0. The fraction of sp³-hybridized carbons (Fsp3) is 0.625. The van der Waals surface area contributed by atoms with E-state index in [-0.39, 0.29) is 6.04 Å². The maximum absolute atomic E-state index is 6.24. The summed E-state index contributed by atoms with van der Waals surface area (Å²) < 4.78 is 6.75. The molecule has 1 aromatic carbocycles. The van der Waals surface area contributed by atoms with E-state index >= 15 is 0 Å². The molecule has 0 aliphatic heterocycles. The van der Waals surface area contributed by atoms with Crippen LogP contribution in [0.1, 0.15) is 30.9 Å². The number of benzene rings is 1. The highest BCUT2D eigenvalue weighted by Gasteiger charge is 2.20. The molecule has 0 bridgehead atoms. The SMILES string of the molecule is CN(CCOCC1CC1)CCC(N)c1cccc(Br)c1. The van der Waals surface area contributed by atoms with Crippen molar-refractivity contribution in [2.24, 2.45) is 11.7 Å². The highest BCUT2D eigenvalue weighted by molar-refractivity contribution is 9.10. The predicted octanol–water partition coefficient (Wildman–Crippen LogP) is 3.20. The van der Waals surface area contributed by atoms with Gasteiger partial charge in [0.2, 0.25) is 0 Å². The monoisotopic (exact) mass is 340 g/mol. The van der Waals surface area contributed by atoms with E-state index in [1.807, 2.05) is 12.1 Å². The van der Waals surface area contributed by atoms with Gasteiger partial charge in [-0.3, -0.25) is 0 Å². The van der Waals surface area contributed by atoms with E-state index < -0.39 is 0 Å². The van der Waals surface area contributed by atoms with Gasteiger partial charge in [-0.25, -0.2) is 0 Å². The molecular weight excluding hydrogens is 316 g/mol. The van der Waals surface area contributed by atoms with Crippen LogP contribution in [0.15, 0.2) is 28.7 Å². The van der Waals surface area contributed by atoms with E-state index in [4.69, 9.17) is 10.5 Å². The third-order valence-corrected chi connectivity index (χ3v) is 4.26. The summed E-state index contributed by atoms with van der Waals surface area (Å²) in [5, 5.41) is 0. The van der Waals surface area contributed by atoms with Crippen LogP contribution in [0.3, 0.4) is 0 Å². The topological polar surface area (TPSA) is 38.5 Å². The van der Waals surface area contributed by atoms with Gasteiger partial charge in [-0.15, -0.1) is 0 Å². The van der Waals surface area contributed by atoms with Crippen molar-refractivity contribution < 1.29 is 4.74 Å². The number of likely N-dealkylation sites (N-methyl/N-ethyl adjacent to an activating group) is 1. The first kappa shape index (κ1) is 16.0. The molecule has 2 rings (SSSR count). The molecule has 3 nitrogen and oxygen atoms in total. The van der Waals surface area contributed by atoms with Crippen LogP contribution < -0.4 is 5.73 Å². The average molecular weight is 341 g/mol. The minimum Gasteiger partial charge on any atom is -0.380 e. The summed E-state index contributed by atoms with van der Waals surface area (Å²) in [6.07, 6.45) is 3.68. The molecule has 1 aliphatic rings. The Kier molecular flexibility index (Phi) is 6.49. The molecular formula is C16H25BrN2O. The van der Waals surface area contributed by atoms with Gasteiger partial charge in [0, 0.05) is 23.7 Å². The number of nitrogens with two attached hydrogens (primary N) is 1. The maximum atomic E-state index is 6.24. The Morgan fingerprint density at radius 3 is 2.90 bits per heavy atom. The van der Waals surface area contributed by atoms with Gasteiger partial charge in [0.25, 0.3) is 0 Å². The van der Waals surface area contributed by atoms with Crippen LogP contribution in [0.2, 0.25) is 0 Å². The normalized spacial score (nSPS) is 16.6. The third-order valence-electron chi connectivity index (χ3n) is 3.77. The Hall–Kier alpha value is -0.420. The highest BCUT2D eigenvalue weighted by atomic mass is 79.9. The molecule has 0 amide bonds. The van der Waals surface area contributed by atoms with E-state index in [0.717, 1.165) is 43.1 Å². The smallest absolute Gasteiger partial charge is 0.0593 e. The molecule has 0 radical (unpaired) electrons. The van der Waals surface area contributed by atoms with Crippen molar-refractivity contribution in [3.8, 4) is 0 Å². The summed E-state index contributed by atoms with van der Waals surface area (Å²) >= 11 is 3.49. The van der Waals surface area contributed by atoms with E-state index in [2.05, 4.69) is 40.0 Å². The van der Waals surface area contributed by atoms with Crippen molar-refractivity contribution in [3.63, 3.8) is 0 Å². The Bertz CT molecular complexity index is 409. The maximum Gasteiger partial charge on any atom is 0.0593 e. The number of hydrogen-bond acceptors (Lipinski definition) is 3. The molecule has 0 spiro atoms. The molecule has 112 valence electrons. The van der Waals surface area contributed by atoms with Gasteiger partial charge in [0.1, 0.15) is 0 Å². The van der Waals surface area contributed by atoms with Gasteiger partial charge in [0.15, 0.2) is 0 Å². The van der Waals surface area contributed by atoms with E-state index in [1.54, 1.807) is 0 Å². The molecule has 0 heterocycles. The van der Waals surface area contributed by atoms with Crippen LogP contribution in [0.4, 0.5) is 0 Å². The van der Waals surface area contributed by atoms with Crippen molar-refractivity contribution in [2.45, 2.75) is 25.3 Å². The van der Waals surface area contributed by atoms with Crippen LogP contribution in [0.25, 0.3) is 0 Å². The van der Waals surface area contributed by atoms with Crippen molar-refractivity contribution >= 4 is 15.9 Å². The zero-order chi connectivity index (χ0) is 14.4. The summed E-state index contributed by atoms with van der Waals surface area (Å²) in [5.41, 5.74) is 7.43. The molecule has 4 heteroatoms. The van der Waals surface area contributed by atoms with Gasteiger partial charge in [0.05, 0.1) is 6.61 Å². The quantitative estimate of drug-likeness (QED) is 0.701. The summed E-state index contributed by atoms with van der Waals surface area (Å²) in [7, 11) is 2.13. The van der Waals surface area contributed by atoms with Gasteiger partial charge in [-0.1, -0.05) is 28.1 Å². The lowest BCUT2D eigenvalue weighted by Gasteiger charge is -2.19. The second kappa shape index (κ2) is 8.13. The number of halogens is 1. The van der Waals surface area contributed by atoms with Crippen LogP contribution >= 0.6 is 15.9 Å². The van der Waals surface area contributed by atoms with Gasteiger partial charge in [-0.2, -0.15) is 0 Å². The average Bonchev–Trinajstić information content (AvgIpc) is 3.25. The lowest BCUT2D eigenvalue weighted by molar-refractivity contribution is 0.103. The second-order valence-corrected chi connectivity index (χ2v) is 6.69. The van der Waals surface area contributed by atoms with E-state index in [1.165, 1.54) is 18.4 Å². The number of ether oxygens (including phenoxy) is 1. The summed E-state index contributed by atoms with van der Waals surface area (Å²) in [6.45, 7) is 3.77. The minimum absolute atomic E-state index is 0.0994. The number of nitrogens with zero attached hydrogens (tertiary/aromatic N) is 1. The molecule has 1 saturated carbocycles. The van der Waals surface area contributed by atoms with Crippen LogP contribution in [0, 0.1) is 5.92 Å².